The second-order valence-electron chi connectivity index (χ2n) is 3.94. The topological polar surface area (TPSA) is 26.3 Å². The number of carbonyl (C=O) groups excluding carboxylic acids is 1. The molecule has 0 bridgehead atoms. The first-order valence-electron chi connectivity index (χ1n) is 6.18. The van der Waals surface area contributed by atoms with E-state index in [1.165, 1.54) is 0 Å². The van der Waals surface area contributed by atoms with Crippen molar-refractivity contribution < 1.29 is 9.53 Å². The Morgan fingerprint density at radius 3 is 2.47 bits per heavy atom. The summed E-state index contributed by atoms with van der Waals surface area (Å²) in [7, 11) is 0. The molecule has 102 valence electrons. The summed E-state index contributed by atoms with van der Waals surface area (Å²) < 4.78 is 5.14. The molecule has 0 rings (SSSR count). The van der Waals surface area contributed by atoms with Gasteiger partial charge >= 0.3 is 5.97 Å². The van der Waals surface area contributed by atoms with Crippen LogP contribution in [0.2, 0.25) is 0 Å². The zero-order valence-corrected chi connectivity index (χ0v) is 11.8. The molecule has 0 aromatic carbocycles. The van der Waals surface area contributed by atoms with Crippen LogP contribution >= 0.6 is 0 Å². The number of hydrogen-bond acceptors (Lipinski definition) is 2. The van der Waals surface area contributed by atoms with Crippen molar-refractivity contribution in [3.63, 3.8) is 0 Å². The van der Waals surface area contributed by atoms with Crippen molar-refractivity contribution in [2.45, 2.75) is 20.3 Å². The van der Waals surface area contributed by atoms with Crippen LogP contribution in [0.3, 0.4) is 0 Å². The Balaban J connectivity index is 4.20. The van der Waals surface area contributed by atoms with Crippen LogP contribution < -0.4 is 0 Å². The van der Waals surface area contributed by atoms with Gasteiger partial charge in [-0.3, -0.25) is 4.79 Å². The van der Waals surface area contributed by atoms with Crippen molar-refractivity contribution in [2.24, 2.45) is 0 Å². The first kappa shape index (κ1) is 16.9. The van der Waals surface area contributed by atoms with E-state index in [1.54, 1.807) is 18.2 Å². The summed E-state index contributed by atoms with van der Waals surface area (Å²) in [5.74, 6) is -0.245. The van der Waals surface area contributed by atoms with Gasteiger partial charge < -0.3 is 4.74 Å². The minimum absolute atomic E-state index is 0.232. The number of allylic oxidation sites excluding steroid dienone is 7. The van der Waals surface area contributed by atoms with Gasteiger partial charge in [-0.25, -0.2) is 0 Å². The lowest BCUT2D eigenvalue weighted by Crippen LogP contribution is -2.07. The second kappa shape index (κ2) is 11.0. The van der Waals surface area contributed by atoms with Crippen LogP contribution in [-0.2, 0) is 9.53 Å². The Labute approximate surface area is 116 Å². The molecule has 0 saturated heterocycles. The van der Waals surface area contributed by atoms with Crippen molar-refractivity contribution in [1.82, 2.24) is 0 Å². The van der Waals surface area contributed by atoms with E-state index in [0.717, 1.165) is 11.1 Å². The smallest absolute Gasteiger partial charge is 0.310 e. The van der Waals surface area contributed by atoms with Gasteiger partial charge in [0.05, 0.1) is 6.42 Å². The maximum absolute atomic E-state index is 11.6. The van der Waals surface area contributed by atoms with Crippen LogP contribution in [-0.4, -0.2) is 12.6 Å². The van der Waals surface area contributed by atoms with E-state index in [0.29, 0.717) is 6.42 Å². The predicted octanol–water partition coefficient (Wildman–Crippen LogP) is 4.30. The number of ether oxygens (including phenoxy) is 1. The van der Waals surface area contributed by atoms with Crippen molar-refractivity contribution >= 4 is 5.97 Å². The van der Waals surface area contributed by atoms with E-state index in [2.05, 4.69) is 13.2 Å². The van der Waals surface area contributed by atoms with Gasteiger partial charge in [-0.05, 0) is 19.4 Å². The van der Waals surface area contributed by atoms with Crippen molar-refractivity contribution in [2.75, 3.05) is 6.61 Å². The maximum atomic E-state index is 11.6. The summed E-state index contributed by atoms with van der Waals surface area (Å²) in [6.07, 6.45) is 14.9. The summed E-state index contributed by atoms with van der Waals surface area (Å²) in [6, 6.07) is 0. The van der Waals surface area contributed by atoms with Crippen molar-refractivity contribution in [3.05, 3.63) is 72.9 Å². The zero-order chi connectivity index (χ0) is 14.5. The number of hydrogen-bond donors (Lipinski definition) is 0. The minimum Gasteiger partial charge on any atom is -0.461 e. The molecule has 0 spiro atoms. The Kier molecular flexibility index (Phi) is 9.81. The molecule has 0 amide bonds. The van der Waals surface area contributed by atoms with E-state index < -0.39 is 0 Å². The van der Waals surface area contributed by atoms with E-state index in [9.17, 15) is 4.79 Å². The fourth-order valence-electron chi connectivity index (χ4n) is 1.22. The highest BCUT2D eigenvalue weighted by atomic mass is 16.5. The van der Waals surface area contributed by atoms with Crippen LogP contribution in [0.4, 0.5) is 0 Å². The molecule has 2 nitrogen and oxygen atoms in total. The third-order valence-corrected chi connectivity index (χ3v) is 2.21. The summed E-state index contributed by atoms with van der Waals surface area (Å²) in [6.45, 7) is 11.3. The van der Waals surface area contributed by atoms with E-state index in [1.807, 2.05) is 44.2 Å². The number of rotatable bonds is 8. The van der Waals surface area contributed by atoms with Crippen LogP contribution in [0.25, 0.3) is 0 Å². The van der Waals surface area contributed by atoms with Gasteiger partial charge in [0.15, 0.2) is 0 Å². The molecule has 0 fully saturated rings. The van der Waals surface area contributed by atoms with Gasteiger partial charge in [-0.1, -0.05) is 67.3 Å². The molecule has 2 heteroatoms. The fraction of sp³-hybridized carbons (Fsp3) is 0.235. The summed E-state index contributed by atoms with van der Waals surface area (Å²) in [4.78, 5) is 11.6. The normalized spacial score (nSPS) is 12.9. The van der Waals surface area contributed by atoms with Crippen molar-refractivity contribution in [3.8, 4) is 0 Å². The van der Waals surface area contributed by atoms with Gasteiger partial charge in [0.1, 0.15) is 6.61 Å². The van der Waals surface area contributed by atoms with Crippen LogP contribution in [0, 0.1) is 0 Å². The van der Waals surface area contributed by atoms with Crippen molar-refractivity contribution in [1.29, 1.82) is 0 Å². The molecule has 0 aromatic heterocycles. The van der Waals surface area contributed by atoms with E-state index >= 15 is 0 Å². The molecule has 0 aliphatic carbocycles. The molecule has 0 aliphatic rings. The van der Waals surface area contributed by atoms with Gasteiger partial charge in [-0.15, -0.1) is 0 Å². The summed E-state index contributed by atoms with van der Waals surface area (Å²) >= 11 is 0. The Morgan fingerprint density at radius 2 is 1.89 bits per heavy atom. The van der Waals surface area contributed by atoms with Gasteiger partial charge in [0.2, 0.25) is 0 Å². The molecule has 0 atom stereocenters. The lowest BCUT2D eigenvalue weighted by Gasteiger charge is -2.05. The van der Waals surface area contributed by atoms with Gasteiger partial charge in [0, 0.05) is 0 Å². The average molecular weight is 258 g/mol. The first-order valence-corrected chi connectivity index (χ1v) is 6.18. The molecular weight excluding hydrogens is 236 g/mol. The molecule has 0 aromatic rings. The number of carbonyl (C=O) groups is 1. The van der Waals surface area contributed by atoms with E-state index in [-0.39, 0.29) is 12.6 Å². The van der Waals surface area contributed by atoms with E-state index in [4.69, 9.17) is 4.74 Å². The Bertz CT molecular complexity index is 421. The van der Waals surface area contributed by atoms with Crippen LogP contribution in [0.1, 0.15) is 20.3 Å². The summed E-state index contributed by atoms with van der Waals surface area (Å²) in [5, 5.41) is 0. The molecular formula is C17H22O2. The molecule has 0 aliphatic heterocycles. The minimum atomic E-state index is -0.245. The third-order valence-electron chi connectivity index (χ3n) is 2.21. The lowest BCUT2D eigenvalue weighted by atomic mass is 10.2. The maximum Gasteiger partial charge on any atom is 0.310 e. The number of esters is 1. The predicted molar refractivity (Wildman–Crippen MR) is 81.8 cm³/mol. The second-order valence-corrected chi connectivity index (χ2v) is 3.94. The monoisotopic (exact) mass is 258 g/mol. The highest BCUT2D eigenvalue weighted by molar-refractivity contribution is 5.72. The quantitative estimate of drug-likeness (QED) is 0.479. The lowest BCUT2D eigenvalue weighted by molar-refractivity contribution is -0.141. The van der Waals surface area contributed by atoms with Gasteiger partial charge in [0.25, 0.3) is 0 Å². The molecule has 0 N–H and O–H groups in total. The summed E-state index contributed by atoms with van der Waals surface area (Å²) in [5.41, 5.74) is 1.79. The molecule has 0 saturated carbocycles. The molecule has 0 heterocycles. The third kappa shape index (κ3) is 9.60. The largest absolute Gasteiger partial charge is 0.461 e. The van der Waals surface area contributed by atoms with Gasteiger partial charge in [-0.2, -0.15) is 0 Å². The zero-order valence-electron chi connectivity index (χ0n) is 11.8. The average Bonchev–Trinajstić information content (AvgIpc) is 2.39. The van der Waals surface area contributed by atoms with Crippen LogP contribution in [0.5, 0.6) is 0 Å². The fourth-order valence-corrected chi connectivity index (χ4v) is 1.22. The highest BCUT2D eigenvalue weighted by Gasteiger charge is 2.03. The molecule has 0 unspecified atom stereocenters. The Hall–Kier alpha value is -2.09. The SMILES string of the molecule is C=C/C=C(\C=C)COC(=O)C/C(C)=C/C=C\C=C/C. The first-order chi connectivity index (χ1) is 9.13. The molecule has 0 radical (unpaired) electrons. The van der Waals surface area contributed by atoms with Crippen LogP contribution in [0.15, 0.2) is 72.9 Å². The Morgan fingerprint density at radius 1 is 1.16 bits per heavy atom. The molecule has 19 heavy (non-hydrogen) atoms. The highest BCUT2D eigenvalue weighted by Crippen LogP contribution is 2.04. The standard InChI is InChI=1S/C17H22O2/c1-5-8-9-10-12-15(4)13-17(18)19-14-16(7-3)11-6-2/h5-12H,2-3,13-14H2,1,4H3/b8-5-,10-9-,15-12+,16-11+.